The topological polar surface area (TPSA) is 29.8 Å². The van der Waals surface area contributed by atoms with Crippen molar-refractivity contribution in [2.45, 2.75) is 32.1 Å². The third-order valence-corrected chi connectivity index (χ3v) is 8.48. The van der Waals surface area contributed by atoms with Crippen LogP contribution in [0.1, 0.15) is 29.5 Å². The average molecular weight is 502 g/mol. The molecular formula is C33H33N4O+. The number of likely N-dealkylation sites (N-methyl/N-ethyl adjacent to an activating group) is 1. The largest absolute Gasteiger partial charge is 0.347 e. The molecule has 0 aromatic heterocycles. The molecule has 3 heterocycles. The Morgan fingerprint density at radius 2 is 1.47 bits per heavy atom. The summed E-state index contributed by atoms with van der Waals surface area (Å²) in [5, 5.41) is 0. The van der Waals surface area contributed by atoms with Crippen LogP contribution in [0.2, 0.25) is 0 Å². The van der Waals surface area contributed by atoms with Gasteiger partial charge < -0.3 is 4.90 Å². The SMILES string of the molecule is CN(C(=O)N1CCc2ccccc21)C1=C(C=[N+]2CCc3ccccc32)CCC1=CN1CCc2ccccc21. The van der Waals surface area contributed by atoms with E-state index in [1.165, 1.54) is 39.2 Å². The summed E-state index contributed by atoms with van der Waals surface area (Å²) in [6.45, 7) is 2.69. The van der Waals surface area contributed by atoms with Crippen LogP contribution < -0.4 is 9.80 Å². The number of allylic oxidation sites excluding steroid dienone is 2. The molecule has 3 aliphatic heterocycles. The van der Waals surface area contributed by atoms with Gasteiger partial charge in [0.1, 0.15) is 0 Å². The molecule has 3 aromatic rings. The van der Waals surface area contributed by atoms with Crippen LogP contribution in [0.25, 0.3) is 0 Å². The molecule has 7 rings (SSSR count). The van der Waals surface area contributed by atoms with E-state index >= 15 is 0 Å². The van der Waals surface area contributed by atoms with Crippen molar-refractivity contribution >= 4 is 29.3 Å². The van der Waals surface area contributed by atoms with Gasteiger partial charge in [0.2, 0.25) is 5.69 Å². The predicted molar refractivity (Wildman–Crippen MR) is 153 cm³/mol. The number of urea groups is 1. The minimum absolute atomic E-state index is 0.0484. The first kappa shape index (κ1) is 23.0. The highest BCUT2D eigenvalue weighted by molar-refractivity contribution is 5.96. The maximum atomic E-state index is 14.0. The number of anilines is 2. The van der Waals surface area contributed by atoms with Gasteiger partial charge >= 0.3 is 6.03 Å². The Balaban J connectivity index is 1.29. The van der Waals surface area contributed by atoms with Gasteiger partial charge in [-0.2, -0.15) is 4.58 Å². The molecule has 0 atom stereocenters. The van der Waals surface area contributed by atoms with Gasteiger partial charge in [0.05, 0.1) is 5.70 Å². The van der Waals surface area contributed by atoms with Gasteiger partial charge in [0.15, 0.2) is 12.8 Å². The van der Waals surface area contributed by atoms with Gasteiger partial charge in [-0.3, -0.25) is 9.80 Å². The number of amides is 2. The highest BCUT2D eigenvalue weighted by atomic mass is 16.2. The summed E-state index contributed by atoms with van der Waals surface area (Å²) in [5.41, 5.74) is 11.2. The molecule has 5 heteroatoms. The molecule has 38 heavy (non-hydrogen) atoms. The highest BCUT2D eigenvalue weighted by Crippen LogP contribution is 2.38. The molecular weight excluding hydrogens is 468 g/mol. The molecule has 190 valence electrons. The quantitative estimate of drug-likeness (QED) is 0.408. The molecule has 0 N–H and O–H groups in total. The smallest absolute Gasteiger partial charge is 0.328 e. The molecule has 0 fully saturated rings. The van der Waals surface area contributed by atoms with Crippen LogP contribution in [-0.4, -0.2) is 48.4 Å². The van der Waals surface area contributed by atoms with E-state index in [0.717, 1.165) is 63.1 Å². The monoisotopic (exact) mass is 501 g/mol. The highest BCUT2D eigenvalue weighted by Gasteiger charge is 2.34. The van der Waals surface area contributed by atoms with Crippen molar-refractivity contribution in [2.24, 2.45) is 0 Å². The predicted octanol–water partition coefficient (Wildman–Crippen LogP) is 6.07. The summed E-state index contributed by atoms with van der Waals surface area (Å²) in [5.74, 6) is 0. The molecule has 5 nitrogen and oxygen atoms in total. The zero-order valence-corrected chi connectivity index (χ0v) is 21.9. The lowest BCUT2D eigenvalue weighted by molar-refractivity contribution is -0.423. The maximum Gasteiger partial charge on any atom is 0.328 e. The fourth-order valence-corrected chi connectivity index (χ4v) is 6.58. The molecule has 0 saturated heterocycles. The molecule has 0 spiro atoms. The number of carbonyl (C=O) groups is 1. The number of rotatable bonds is 3. The second-order valence-electron chi connectivity index (χ2n) is 10.7. The number of fused-ring (bicyclic) bond motifs is 3. The minimum Gasteiger partial charge on any atom is -0.347 e. The first-order chi connectivity index (χ1) is 18.7. The van der Waals surface area contributed by atoms with E-state index in [0.29, 0.717) is 0 Å². The number of carbonyl (C=O) groups excluding carboxylic acids is 1. The molecule has 1 aliphatic carbocycles. The lowest BCUT2D eigenvalue weighted by Gasteiger charge is -2.28. The van der Waals surface area contributed by atoms with Crippen LogP contribution in [0.15, 0.2) is 95.8 Å². The number of para-hydroxylation sites is 3. The summed E-state index contributed by atoms with van der Waals surface area (Å²) in [4.78, 5) is 20.2. The summed E-state index contributed by atoms with van der Waals surface area (Å²) in [6, 6.07) is 25.7. The van der Waals surface area contributed by atoms with E-state index in [2.05, 4.69) is 88.6 Å². The molecule has 0 unspecified atom stereocenters. The van der Waals surface area contributed by atoms with Crippen LogP contribution in [0.3, 0.4) is 0 Å². The average Bonchev–Trinajstić information content (AvgIpc) is 3.74. The van der Waals surface area contributed by atoms with Gasteiger partial charge in [-0.15, -0.1) is 0 Å². The minimum atomic E-state index is 0.0484. The van der Waals surface area contributed by atoms with Crippen molar-refractivity contribution in [3.63, 3.8) is 0 Å². The van der Waals surface area contributed by atoms with Crippen molar-refractivity contribution in [3.8, 4) is 0 Å². The van der Waals surface area contributed by atoms with E-state index in [4.69, 9.17) is 0 Å². The van der Waals surface area contributed by atoms with E-state index in [9.17, 15) is 4.79 Å². The van der Waals surface area contributed by atoms with E-state index < -0.39 is 0 Å². The van der Waals surface area contributed by atoms with Gasteiger partial charge in [-0.05, 0) is 54.5 Å². The fourth-order valence-electron chi connectivity index (χ4n) is 6.58. The third-order valence-electron chi connectivity index (χ3n) is 8.48. The van der Waals surface area contributed by atoms with E-state index in [1.54, 1.807) is 0 Å². The molecule has 0 saturated carbocycles. The number of benzene rings is 3. The molecule has 2 amide bonds. The van der Waals surface area contributed by atoms with Crippen molar-refractivity contribution in [1.82, 2.24) is 4.90 Å². The Morgan fingerprint density at radius 1 is 0.789 bits per heavy atom. The summed E-state index contributed by atoms with van der Waals surface area (Å²) < 4.78 is 2.38. The fraction of sp³-hybridized carbons (Fsp3) is 0.273. The summed E-state index contributed by atoms with van der Waals surface area (Å²) >= 11 is 0. The number of nitrogens with zero attached hydrogens (tertiary/aromatic N) is 4. The first-order valence-electron chi connectivity index (χ1n) is 13.8. The van der Waals surface area contributed by atoms with Crippen LogP contribution >= 0.6 is 0 Å². The Morgan fingerprint density at radius 3 is 2.32 bits per heavy atom. The Bertz CT molecular complexity index is 1530. The number of hydrogen-bond donors (Lipinski definition) is 0. The van der Waals surface area contributed by atoms with Crippen molar-refractivity contribution in [3.05, 3.63) is 113 Å². The number of hydrogen-bond acceptors (Lipinski definition) is 2. The van der Waals surface area contributed by atoms with Crippen LogP contribution in [0.5, 0.6) is 0 Å². The third kappa shape index (κ3) is 3.85. The van der Waals surface area contributed by atoms with Crippen molar-refractivity contribution < 1.29 is 9.37 Å². The standard InChI is InChI=1S/C33H33N4O/c1-34(33(38)37-21-18-26-10-4-7-13-31(26)37)32-27(22-35-19-16-24-8-2-5-11-29(24)35)14-15-28(32)23-36-20-17-25-9-3-6-12-30(25)36/h2-13,22-23H,14-21H2,1H3/q+1. The van der Waals surface area contributed by atoms with Crippen LogP contribution in [0, 0.1) is 0 Å². The molecule has 3 aromatic carbocycles. The molecule has 0 bridgehead atoms. The van der Waals surface area contributed by atoms with E-state index in [1.807, 2.05) is 22.9 Å². The summed E-state index contributed by atoms with van der Waals surface area (Å²) in [6.07, 6.45) is 9.51. The lowest BCUT2D eigenvalue weighted by Crippen LogP contribution is -2.40. The van der Waals surface area contributed by atoms with Crippen molar-refractivity contribution in [1.29, 1.82) is 0 Å². The van der Waals surface area contributed by atoms with Crippen LogP contribution in [0.4, 0.5) is 21.9 Å². The van der Waals surface area contributed by atoms with Gasteiger partial charge in [0, 0.05) is 61.3 Å². The van der Waals surface area contributed by atoms with Gasteiger partial charge in [-0.25, -0.2) is 4.79 Å². The Kier molecular flexibility index (Phi) is 5.65. The first-order valence-corrected chi connectivity index (χ1v) is 13.8. The second kappa shape index (κ2) is 9.32. The Hall–Kier alpha value is -4.12. The van der Waals surface area contributed by atoms with E-state index in [-0.39, 0.29) is 6.03 Å². The normalized spacial score (nSPS) is 19.9. The van der Waals surface area contributed by atoms with Crippen molar-refractivity contribution in [2.75, 3.05) is 36.5 Å². The summed E-state index contributed by atoms with van der Waals surface area (Å²) in [7, 11) is 1.96. The Labute approximate surface area is 224 Å². The maximum absolute atomic E-state index is 14.0. The van der Waals surface area contributed by atoms with Crippen LogP contribution in [-0.2, 0) is 19.3 Å². The second-order valence-corrected chi connectivity index (χ2v) is 10.7. The van der Waals surface area contributed by atoms with Gasteiger partial charge in [-0.1, -0.05) is 54.6 Å². The molecule has 4 aliphatic rings. The van der Waals surface area contributed by atoms with Gasteiger partial charge in [0.25, 0.3) is 0 Å². The lowest BCUT2D eigenvalue weighted by atomic mass is 10.1. The zero-order chi connectivity index (χ0) is 25.6. The zero-order valence-electron chi connectivity index (χ0n) is 21.9. The molecule has 0 radical (unpaired) electrons.